The van der Waals surface area contributed by atoms with Crippen molar-refractivity contribution in [3.63, 3.8) is 0 Å². The third-order valence-corrected chi connectivity index (χ3v) is 3.75. The van der Waals surface area contributed by atoms with Crippen LogP contribution in [0, 0.1) is 11.3 Å². The number of carbonyl (C=O) groups is 1. The van der Waals surface area contributed by atoms with Gasteiger partial charge in [0.15, 0.2) is 5.12 Å². The van der Waals surface area contributed by atoms with E-state index in [2.05, 4.69) is 58.9 Å². The lowest BCUT2D eigenvalue weighted by atomic mass is 9.88. The lowest BCUT2D eigenvalue weighted by Crippen LogP contribution is -2.08. The van der Waals surface area contributed by atoms with E-state index in [1.807, 2.05) is 0 Å². The molecule has 0 unspecified atom stereocenters. The highest BCUT2D eigenvalue weighted by Crippen LogP contribution is 2.25. The molecule has 0 aliphatic rings. The molecule has 0 aliphatic carbocycles. The van der Waals surface area contributed by atoms with Gasteiger partial charge in [0.2, 0.25) is 0 Å². The quantitative estimate of drug-likeness (QED) is 0.677. The fourth-order valence-corrected chi connectivity index (χ4v) is 2.63. The van der Waals surface area contributed by atoms with Crippen molar-refractivity contribution in [3.05, 3.63) is 29.8 Å². The minimum Gasteiger partial charge on any atom is -0.287 e. The fourth-order valence-electron chi connectivity index (χ4n) is 1.88. The Morgan fingerprint density at radius 1 is 1.16 bits per heavy atom. The van der Waals surface area contributed by atoms with Crippen molar-refractivity contribution in [3.8, 4) is 0 Å². The molecule has 0 saturated carbocycles. The Morgan fingerprint density at radius 3 is 2.21 bits per heavy atom. The highest BCUT2D eigenvalue weighted by atomic mass is 32.2. The van der Waals surface area contributed by atoms with E-state index in [0.717, 1.165) is 17.7 Å². The standard InChI is InChI=1S/C17H26OS/c1-13(2)6-11-16(18)19-15-9-7-14(8-10-15)12-17(3,4)5/h7-10,13H,6,11-12H2,1-5H3. The predicted octanol–water partition coefficient (Wildman–Crippen LogP) is 5.33. The Labute approximate surface area is 122 Å². The second-order valence-corrected chi connectivity index (χ2v) is 7.92. The van der Waals surface area contributed by atoms with Crippen LogP contribution < -0.4 is 0 Å². The van der Waals surface area contributed by atoms with E-state index in [1.54, 1.807) is 0 Å². The highest BCUT2D eigenvalue weighted by molar-refractivity contribution is 8.13. The molecular weight excluding hydrogens is 252 g/mol. The molecule has 0 saturated heterocycles. The summed E-state index contributed by atoms with van der Waals surface area (Å²) in [5.41, 5.74) is 1.65. The van der Waals surface area contributed by atoms with Gasteiger partial charge in [-0.15, -0.1) is 0 Å². The maximum Gasteiger partial charge on any atom is 0.193 e. The normalized spacial score (nSPS) is 11.9. The zero-order chi connectivity index (χ0) is 14.5. The number of benzene rings is 1. The molecule has 0 atom stereocenters. The topological polar surface area (TPSA) is 17.1 Å². The highest BCUT2D eigenvalue weighted by Gasteiger charge is 2.11. The van der Waals surface area contributed by atoms with Gasteiger partial charge in [-0.25, -0.2) is 0 Å². The first kappa shape index (κ1) is 16.3. The lowest BCUT2D eigenvalue weighted by molar-refractivity contribution is -0.111. The number of hydrogen-bond donors (Lipinski definition) is 0. The van der Waals surface area contributed by atoms with E-state index >= 15 is 0 Å². The van der Waals surface area contributed by atoms with E-state index in [9.17, 15) is 4.79 Å². The van der Waals surface area contributed by atoms with Gasteiger partial charge in [0.1, 0.15) is 0 Å². The van der Waals surface area contributed by atoms with Gasteiger partial charge in [0, 0.05) is 11.3 Å². The number of hydrogen-bond acceptors (Lipinski definition) is 2. The summed E-state index contributed by atoms with van der Waals surface area (Å²) in [6, 6.07) is 8.42. The first-order valence-corrected chi connectivity index (χ1v) is 7.87. The fraction of sp³-hybridized carbons (Fsp3) is 0.588. The molecule has 0 radical (unpaired) electrons. The molecular formula is C17H26OS. The molecule has 1 aromatic rings. The summed E-state index contributed by atoms with van der Waals surface area (Å²) >= 11 is 1.37. The lowest BCUT2D eigenvalue weighted by Gasteiger charge is -2.18. The van der Waals surface area contributed by atoms with Gasteiger partial charge in [0.25, 0.3) is 0 Å². The molecule has 0 spiro atoms. The molecule has 2 heteroatoms. The zero-order valence-electron chi connectivity index (χ0n) is 12.8. The molecule has 1 rings (SSSR count). The minimum absolute atomic E-state index is 0.275. The maximum absolute atomic E-state index is 11.8. The number of carbonyl (C=O) groups excluding carboxylic acids is 1. The van der Waals surface area contributed by atoms with Crippen LogP contribution in [-0.4, -0.2) is 5.12 Å². The van der Waals surface area contributed by atoms with E-state index in [0.29, 0.717) is 17.8 Å². The Balaban J connectivity index is 2.50. The third-order valence-electron chi connectivity index (χ3n) is 2.82. The SMILES string of the molecule is CC(C)CCC(=O)Sc1ccc(CC(C)(C)C)cc1. The average molecular weight is 278 g/mol. The van der Waals surface area contributed by atoms with Gasteiger partial charge in [-0.3, -0.25) is 4.79 Å². The van der Waals surface area contributed by atoms with Crippen LogP contribution in [0.15, 0.2) is 29.2 Å². The van der Waals surface area contributed by atoms with Crippen LogP contribution in [0.3, 0.4) is 0 Å². The average Bonchev–Trinajstić information content (AvgIpc) is 2.27. The van der Waals surface area contributed by atoms with Gasteiger partial charge in [0.05, 0.1) is 0 Å². The first-order valence-electron chi connectivity index (χ1n) is 7.06. The molecule has 19 heavy (non-hydrogen) atoms. The van der Waals surface area contributed by atoms with Crippen molar-refractivity contribution in [1.82, 2.24) is 0 Å². The molecule has 0 aromatic heterocycles. The summed E-state index contributed by atoms with van der Waals surface area (Å²) in [5.74, 6) is 0.596. The third kappa shape index (κ3) is 7.41. The summed E-state index contributed by atoms with van der Waals surface area (Å²) in [7, 11) is 0. The van der Waals surface area contributed by atoms with Crippen LogP contribution >= 0.6 is 11.8 Å². The van der Waals surface area contributed by atoms with Crippen LogP contribution in [0.1, 0.15) is 53.0 Å². The summed E-state index contributed by atoms with van der Waals surface area (Å²) in [6.07, 6.45) is 2.72. The van der Waals surface area contributed by atoms with Crippen molar-refractivity contribution < 1.29 is 4.79 Å². The largest absolute Gasteiger partial charge is 0.287 e. The smallest absolute Gasteiger partial charge is 0.193 e. The van der Waals surface area contributed by atoms with E-state index in [4.69, 9.17) is 0 Å². The van der Waals surface area contributed by atoms with Crippen molar-refractivity contribution >= 4 is 16.9 Å². The molecule has 0 amide bonds. The van der Waals surface area contributed by atoms with Crippen LogP contribution in [0.2, 0.25) is 0 Å². The Bertz CT molecular complexity index is 398. The Morgan fingerprint density at radius 2 is 1.74 bits per heavy atom. The monoisotopic (exact) mass is 278 g/mol. The number of rotatable bonds is 5. The summed E-state index contributed by atoms with van der Waals surface area (Å²) in [5, 5.41) is 0.275. The van der Waals surface area contributed by atoms with Crippen molar-refractivity contribution in [2.75, 3.05) is 0 Å². The summed E-state index contributed by atoms with van der Waals surface area (Å²) < 4.78 is 0. The second kappa shape index (κ2) is 7.14. The van der Waals surface area contributed by atoms with Crippen LogP contribution in [0.25, 0.3) is 0 Å². The molecule has 0 heterocycles. The van der Waals surface area contributed by atoms with Crippen molar-refractivity contribution in [2.45, 2.75) is 58.8 Å². The van der Waals surface area contributed by atoms with Gasteiger partial charge >= 0.3 is 0 Å². The minimum atomic E-state index is 0.275. The first-order chi connectivity index (χ1) is 8.76. The van der Waals surface area contributed by atoms with Gasteiger partial charge in [-0.05, 0) is 41.9 Å². The van der Waals surface area contributed by atoms with Gasteiger partial charge in [-0.2, -0.15) is 0 Å². The van der Waals surface area contributed by atoms with Crippen LogP contribution in [-0.2, 0) is 11.2 Å². The molecule has 1 nitrogen and oxygen atoms in total. The zero-order valence-corrected chi connectivity index (χ0v) is 13.6. The predicted molar refractivity (Wildman–Crippen MR) is 84.5 cm³/mol. The van der Waals surface area contributed by atoms with Crippen LogP contribution in [0.5, 0.6) is 0 Å². The Kier molecular flexibility index (Phi) is 6.12. The summed E-state index contributed by atoms with van der Waals surface area (Å²) in [4.78, 5) is 12.9. The van der Waals surface area contributed by atoms with E-state index in [-0.39, 0.29) is 5.12 Å². The molecule has 0 N–H and O–H groups in total. The van der Waals surface area contributed by atoms with Crippen LogP contribution in [0.4, 0.5) is 0 Å². The molecule has 0 aliphatic heterocycles. The molecule has 0 fully saturated rings. The molecule has 1 aromatic carbocycles. The second-order valence-electron chi connectivity index (χ2n) is 6.79. The summed E-state index contributed by atoms with van der Waals surface area (Å²) in [6.45, 7) is 11.0. The molecule has 0 bridgehead atoms. The van der Waals surface area contributed by atoms with Crippen molar-refractivity contribution in [1.29, 1.82) is 0 Å². The van der Waals surface area contributed by atoms with Gasteiger partial charge in [-0.1, -0.05) is 58.5 Å². The van der Waals surface area contributed by atoms with Crippen molar-refractivity contribution in [2.24, 2.45) is 11.3 Å². The Hall–Kier alpha value is -0.760. The number of thioether (sulfide) groups is 1. The van der Waals surface area contributed by atoms with E-state index < -0.39 is 0 Å². The van der Waals surface area contributed by atoms with Gasteiger partial charge < -0.3 is 0 Å². The molecule has 106 valence electrons. The van der Waals surface area contributed by atoms with E-state index in [1.165, 1.54) is 17.3 Å². The maximum atomic E-state index is 11.8.